The molecule has 0 saturated heterocycles. The lowest BCUT2D eigenvalue weighted by Crippen LogP contribution is -2.16. The molecule has 0 saturated carbocycles. The van der Waals surface area contributed by atoms with Crippen molar-refractivity contribution < 1.29 is 9.47 Å². The molecule has 0 aromatic rings. The Morgan fingerprint density at radius 1 is 1.14 bits per heavy atom. The van der Waals surface area contributed by atoms with Crippen molar-refractivity contribution in [3.8, 4) is 12.3 Å². The molecule has 0 aliphatic heterocycles. The van der Waals surface area contributed by atoms with E-state index in [-0.39, 0.29) is 0 Å². The minimum atomic E-state index is 0.681. The van der Waals surface area contributed by atoms with Crippen molar-refractivity contribution >= 4 is 0 Å². The van der Waals surface area contributed by atoms with Crippen LogP contribution >= 0.6 is 0 Å². The first-order valence-corrected chi connectivity index (χ1v) is 5.12. The van der Waals surface area contributed by atoms with Crippen LogP contribution in [0, 0.1) is 12.3 Å². The average molecular weight is 199 g/mol. The summed E-state index contributed by atoms with van der Waals surface area (Å²) in [5, 5.41) is 3.27. The van der Waals surface area contributed by atoms with Crippen LogP contribution < -0.4 is 5.32 Å². The minimum Gasteiger partial charge on any atom is -0.382 e. The van der Waals surface area contributed by atoms with E-state index in [0.29, 0.717) is 13.2 Å². The molecule has 0 amide bonds. The molecule has 3 nitrogen and oxygen atoms in total. The molecule has 0 aliphatic carbocycles. The highest BCUT2D eigenvalue weighted by Gasteiger charge is 1.89. The summed E-state index contributed by atoms with van der Waals surface area (Å²) in [5.41, 5.74) is 0. The first-order valence-electron chi connectivity index (χ1n) is 5.12. The lowest BCUT2D eigenvalue weighted by atomic mass is 10.3. The van der Waals surface area contributed by atoms with E-state index in [4.69, 9.17) is 15.9 Å². The summed E-state index contributed by atoms with van der Waals surface area (Å²) in [4.78, 5) is 0. The Kier molecular flexibility index (Phi) is 11.9. The summed E-state index contributed by atoms with van der Waals surface area (Å²) >= 11 is 0. The molecular formula is C11H21NO2. The van der Waals surface area contributed by atoms with Gasteiger partial charge in [-0.25, -0.2) is 0 Å². The first-order chi connectivity index (χ1) is 6.91. The van der Waals surface area contributed by atoms with E-state index in [0.717, 1.165) is 39.0 Å². The van der Waals surface area contributed by atoms with Gasteiger partial charge in [-0.3, -0.25) is 0 Å². The summed E-state index contributed by atoms with van der Waals surface area (Å²) < 4.78 is 10.2. The van der Waals surface area contributed by atoms with Crippen LogP contribution in [0.15, 0.2) is 0 Å². The van der Waals surface area contributed by atoms with E-state index >= 15 is 0 Å². The monoisotopic (exact) mass is 199 g/mol. The predicted octanol–water partition coefficient (Wildman–Crippen LogP) is 1.04. The van der Waals surface area contributed by atoms with Crippen LogP contribution in [0.5, 0.6) is 0 Å². The molecule has 0 radical (unpaired) electrons. The lowest BCUT2D eigenvalue weighted by Gasteiger charge is -2.04. The number of hydrogen-bond donors (Lipinski definition) is 1. The third kappa shape index (κ3) is 11.4. The standard InChI is InChI=1S/C11H21NO2/c1-3-4-7-12-8-5-6-9-14-11-10-13-2/h1,12H,4-11H2,2H3. The number of nitrogens with one attached hydrogen (secondary N) is 1. The van der Waals surface area contributed by atoms with Crippen molar-refractivity contribution in [2.75, 3.05) is 40.0 Å². The van der Waals surface area contributed by atoms with Crippen LogP contribution in [0.3, 0.4) is 0 Å². The van der Waals surface area contributed by atoms with Gasteiger partial charge in [0.25, 0.3) is 0 Å². The average Bonchev–Trinajstić information content (AvgIpc) is 2.21. The van der Waals surface area contributed by atoms with Crippen LogP contribution in [0.2, 0.25) is 0 Å². The fraction of sp³-hybridized carbons (Fsp3) is 0.818. The van der Waals surface area contributed by atoms with Crippen LogP contribution in [-0.4, -0.2) is 40.0 Å². The van der Waals surface area contributed by atoms with Gasteiger partial charge in [-0.2, -0.15) is 0 Å². The number of methoxy groups -OCH3 is 1. The highest BCUT2D eigenvalue weighted by Crippen LogP contribution is 1.88. The minimum absolute atomic E-state index is 0.681. The molecular weight excluding hydrogens is 178 g/mol. The van der Waals surface area contributed by atoms with Crippen molar-refractivity contribution in [3.05, 3.63) is 0 Å². The van der Waals surface area contributed by atoms with Gasteiger partial charge in [0.15, 0.2) is 0 Å². The van der Waals surface area contributed by atoms with Crippen molar-refractivity contribution in [2.24, 2.45) is 0 Å². The van der Waals surface area contributed by atoms with Gasteiger partial charge in [-0.15, -0.1) is 12.3 Å². The number of unbranched alkanes of at least 4 members (excludes halogenated alkanes) is 1. The molecule has 0 heterocycles. The Hall–Kier alpha value is -0.560. The largest absolute Gasteiger partial charge is 0.382 e. The molecule has 3 heteroatoms. The predicted molar refractivity (Wildman–Crippen MR) is 58.2 cm³/mol. The number of terminal acetylenes is 1. The number of hydrogen-bond acceptors (Lipinski definition) is 3. The zero-order chi connectivity index (χ0) is 10.5. The van der Waals surface area contributed by atoms with E-state index in [9.17, 15) is 0 Å². The van der Waals surface area contributed by atoms with Gasteiger partial charge in [0.1, 0.15) is 0 Å². The maximum Gasteiger partial charge on any atom is 0.0700 e. The van der Waals surface area contributed by atoms with E-state index in [1.54, 1.807) is 7.11 Å². The molecule has 1 N–H and O–H groups in total. The SMILES string of the molecule is C#CCCNCCCCOCCOC. The second-order valence-corrected chi connectivity index (χ2v) is 3.02. The zero-order valence-corrected chi connectivity index (χ0v) is 9.05. The van der Waals surface area contributed by atoms with Gasteiger partial charge >= 0.3 is 0 Å². The quantitative estimate of drug-likeness (QED) is 0.421. The van der Waals surface area contributed by atoms with E-state index in [1.807, 2.05) is 0 Å². The topological polar surface area (TPSA) is 30.5 Å². The normalized spacial score (nSPS) is 10.0. The second-order valence-electron chi connectivity index (χ2n) is 3.02. The van der Waals surface area contributed by atoms with Gasteiger partial charge < -0.3 is 14.8 Å². The van der Waals surface area contributed by atoms with Crippen LogP contribution in [-0.2, 0) is 9.47 Å². The highest BCUT2D eigenvalue weighted by molar-refractivity contribution is 4.83. The Bertz CT molecular complexity index is 143. The molecule has 0 unspecified atom stereocenters. The first kappa shape index (κ1) is 13.4. The highest BCUT2D eigenvalue weighted by atomic mass is 16.5. The summed E-state index contributed by atoms with van der Waals surface area (Å²) in [6, 6.07) is 0. The van der Waals surface area contributed by atoms with Gasteiger partial charge in [0.05, 0.1) is 13.2 Å². The second kappa shape index (κ2) is 12.4. The van der Waals surface area contributed by atoms with Crippen molar-refractivity contribution in [3.63, 3.8) is 0 Å². The molecule has 0 fully saturated rings. The van der Waals surface area contributed by atoms with E-state index in [1.165, 1.54) is 0 Å². The van der Waals surface area contributed by atoms with E-state index in [2.05, 4.69) is 11.2 Å². The molecule has 0 aromatic carbocycles. The number of rotatable bonds is 10. The molecule has 0 aliphatic rings. The molecule has 82 valence electrons. The van der Waals surface area contributed by atoms with E-state index < -0.39 is 0 Å². The fourth-order valence-electron chi connectivity index (χ4n) is 0.984. The Labute approximate surface area is 87.2 Å². The molecule has 0 aromatic heterocycles. The maximum absolute atomic E-state index is 5.32. The summed E-state index contributed by atoms with van der Waals surface area (Å²) in [6.07, 6.45) is 8.15. The fourth-order valence-corrected chi connectivity index (χ4v) is 0.984. The van der Waals surface area contributed by atoms with Crippen molar-refractivity contribution in [1.29, 1.82) is 0 Å². The molecule has 14 heavy (non-hydrogen) atoms. The molecule has 0 atom stereocenters. The van der Waals surface area contributed by atoms with Crippen molar-refractivity contribution in [2.45, 2.75) is 19.3 Å². The molecule has 0 rings (SSSR count). The smallest absolute Gasteiger partial charge is 0.0700 e. The van der Waals surface area contributed by atoms with Crippen LogP contribution in [0.25, 0.3) is 0 Å². The summed E-state index contributed by atoms with van der Waals surface area (Å²) in [7, 11) is 1.68. The lowest BCUT2D eigenvalue weighted by molar-refractivity contribution is 0.0688. The molecule has 0 bridgehead atoms. The Morgan fingerprint density at radius 2 is 2.00 bits per heavy atom. The Balaban J connectivity index is 2.82. The van der Waals surface area contributed by atoms with Gasteiger partial charge in [0.2, 0.25) is 0 Å². The van der Waals surface area contributed by atoms with Crippen LogP contribution in [0.4, 0.5) is 0 Å². The Morgan fingerprint density at radius 3 is 2.71 bits per heavy atom. The zero-order valence-electron chi connectivity index (χ0n) is 9.05. The number of ether oxygens (including phenoxy) is 2. The summed E-state index contributed by atoms with van der Waals surface area (Å²) in [6.45, 7) is 4.14. The third-order valence-electron chi connectivity index (χ3n) is 1.77. The van der Waals surface area contributed by atoms with Gasteiger partial charge in [-0.05, 0) is 19.4 Å². The van der Waals surface area contributed by atoms with Crippen molar-refractivity contribution in [1.82, 2.24) is 5.32 Å². The third-order valence-corrected chi connectivity index (χ3v) is 1.77. The van der Waals surface area contributed by atoms with Gasteiger partial charge in [-0.1, -0.05) is 0 Å². The maximum atomic E-state index is 5.32. The van der Waals surface area contributed by atoms with Gasteiger partial charge in [0, 0.05) is 26.7 Å². The summed E-state index contributed by atoms with van der Waals surface area (Å²) in [5.74, 6) is 2.59. The molecule has 0 spiro atoms. The van der Waals surface area contributed by atoms with Crippen LogP contribution in [0.1, 0.15) is 19.3 Å².